The molecule has 0 aromatic heterocycles. The Balaban J connectivity index is 1.23. The highest BCUT2D eigenvalue weighted by Crippen LogP contribution is 2.47. The first kappa shape index (κ1) is 33.4. The second kappa shape index (κ2) is 12.5. The molecule has 2 saturated carbocycles. The minimum Gasteiger partial charge on any atom is -0.444 e. The van der Waals surface area contributed by atoms with E-state index < -0.39 is 62.1 Å². The van der Waals surface area contributed by atoms with E-state index in [1.807, 2.05) is 19.1 Å². The number of carbonyl (C=O) groups excluding carboxylic acids is 4. The molecule has 6 rings (SSSR count). The molecular formula is C34H45FN4O7S. The molecule has 0 spiro atoms. The van der Waals surface area contributed by atoms with E-state index in [2.05, 4.69) is 17.0 Å². The van der Waals surface area contributed by atoms with E-state index in [9.17, 15) is 32.0 Å². The van der Waals surface area contributed by atoms with Crippen LogP contribution in [0.1, 0.15) is 89.7 Å². The fourth-order valence-corrected chi connectivity index (χ4v) is 8.60. The van der Waals surface area contributed by atoms with Crippen LogP contribution < -0.4 is 10.0 Å². The molecule has 6 atom stereocenters. The van der Waals surface area contributed by atoms with Gasteiger partial charge in [0, 0.05) is 30.9 Å². The Kier molecular flexibility index (Phi) is 8.90. The summed E-state index contributed by atoms with van der Waals surface area (Å²) < 4.78 is 47.3. The van der Waals surface area contributed by atoms with Crippen molar-refractivity contribution in [3.63, 3.8) is 0 Å². The van der Waals surface area contributed by atoms with Crippen LogP contribution in [0.5, 0.6) is 0 Å². The van der Waals surface area contributed by atoms with Crippen LogP contribution >= 0.6 is 0 Å². The Morgan fingerprint density at radius 2 is 1.94 bits per heavy atom. The summed E-state index contributed by atoms with van der Waals surface area (Å²) in [4.78, 5) is 57.5. The molecule has 13 heteroatoms. The van der Waals surface area contributed by atoms with E-state index in [0.717, 1.165) is 25.7 Å². The predicted octanol–water partition coefficient (Wildman–Crippen LogP) is 3.91. The third kappa shape index (κ3) is 6.64. The number of hydrogen-bond donors (Lipinski definition) is 2. The zero-order valence-electron chi connectivity index (χ0n) is 27.3. The number of amides is 4. The molecule has 256 valence electrons. The maximum Gasteiger partial charge on any atom is 0.410 e. The monoisotopic (exact) mass is 672 g/mol. The van der Waals surface area contributed by atoms with Crippen molar-refractivity contribution in [2.45, 2.75) is 114 Å². The van der Waals surface area contributed by atoms with E-state index in [1.54, 1.807) is 19.1 Å². The van der Waals surface area contributed by atoms with Gasteiger partial charge in [-0.3, -0.25) is 24.0 Å². The van der Waals surface area contributed by atoms with Gasteiger partial charge in [0.05, 0.1) is 17.8 Å². The van der Waals surface area contributed by atoms with Crippen LogP contribution in [0.25, 0.3) is 0 Å². The van der Waals surface area contributed by atoms with Crippen molar-refractivity contribution < 1.29 is 36.7 Å². The van der Waals surface area contributed by atoms with Gasteiger partial charge < -0.3 is 15.0 Å². The third-order valence-corrected chi connectivity index (χ3v) is 13.1. The van der Waals surface area contributed by atoms with Crippen molar-refractivity contribution >= 4 is 33.8 Å². The van der Waals surface area contributed by atoms with Gasteiger partial charge in [-0.15, -0.1) is 0 Å². The number of halogens is 1. The van der Waals surface area contributed by atoms with Crippen LogP contribution in [0.15, 0.2) is 30.4 Å². The van der Waals surface area contributed by atoms with Crippen LogP contribution in [-0.2, 0) is 42.2 Å². The predicted molar refractivity (Wildman–Crippen MR) is 170 cm³/mol. The van der Waals surface area contributed by atoms with Crippen LogP contribution in [0, 0.1) is 23.6 Å². The van der Waals surface area contributed by atoms with Gasteiger partial charge in [-0.05, 0) is 68.9 Å². The molecule has 4 amide bonds. The molecule has 1 saturated heterocycles. The molecule has 11 nitrogen and oxygen atoms in total. The van der Waals surface area contributed by atoms with Crippen molar-refractivity contribution in [2.75, 3.05) is 6.54 Å². The molecule has 3 heterocycles. The van der Waals surface area contributed by atoms with Gasteiger partial charge in [-0.1, -0.05) is 44.6 Å². The van der Waals surface area contributed by atoms with Gasteiger partial charge in [0.15, 0.2) is 0 Å². The summed E-state index contributed by atoms with van der Waals surface area (Å²) in [5.41, 5.74) is -0.338. The molecule has 3 fully saturated rings. The Labute approximate surface area is 275 Å². The van der Waals surface area contributed by atoms with Crippen molar-refractivity contribution in [1.82, 2.24) is 19.8 Å². The smallest absolute Gasteiger partial charge is 0.410 e. The molecule has 0 unspecified atom stereocenters. The number of hydrogen-bond acceptors (Lipinski definition) is 7. The van der Waals surface area contributed by atoms with Gasteiger partial charge >= 0.3 is 6.09 Å². The maximum absolute atomic E-state index is 14.3. The standard InChI is InChI=1S/C34H45FN4O7S/c1-4-22-14-21(2)8-5-6-10-24-17-34(24,31(42)37-47(44,45)33(3)12-13-33)36-30(41)28-16-25(19-39(28)29(40)15-22)46-32(43)38-18-23-9-7-11-27(35)26(23)20-38/h6-7,9-11,21-22,24-25,28H,4-5,8,12-20H2,1-3H3,(H,36,41)(H,37,42)/b10-6-/t21-,22+,24+,25+,28-,34+/m0/s1. The third-order valence-electron chi connectivity index (χ3n) is 10.9. The topological polar surface area (TPSA) is 142 Å². The lowest BCUT2D eigenvalue weighted by atomic mass is 9.88. The van der Waals surface area contributed by atoms with Gasteiger partial charge in [-0.25, -0.2) is 17.6 Å². The molecule has 1 aromatic carbocycles. The van der Waals surface area contributed by atoms with Gasteiger partial charge in [0.2, 0.25) is 21.8 Å². The molecule has 0 radical (unpaired) electrons. The first-order chi connectivity index (χ1) is 22.2. The fraction of sp³-hybridized carbons (Fsp3) is 0.647. The summed E-state index contributed by atoms with van der Waals surface area (Å²) in [6, 6.07) is 3.67. The van der Waals surface area contributed by atoms with Gasteiger partial charge in [0.1, 0.15) is 23.5 Å². The molecule has 2 aliphatic carbocycles. The first-order valence-electron chi connectivity index (χ1n) is 16.8. The van der Waals surface area contributed by atoms with Gasteiger partial charge in [0.25, 0.3) is 5.91 Å². The second-order valence-electron chi connectivity index (χ2n) is 14.5. The number of benzene rings is 1. The Bertz CT molecular complexity index is 1590. The van der Waals surface area contributed by atoms with Crippen LogP contribution in [0.4, 0.5) is 9.18 Å². The van der Waals surface area contributed by atoms with Crippen molar-refractivity contribution in [1.29, 1.82) is 0 Å². The molecule has 3 aliphatic heterocycles. The molecule has 2 N–H and O–H groups in total. The second-order valence-corrected chi connectivity index (χ2v) is 16.7. The van der Waals surface area contributed by atoms with E-state index >= 15 is 0 Å². The van der Waals surface area contributed by atoms with Crippen molar-refractivity contribution in [3.8, 4) is 0 Å². The van der Waals surface area contributed by atoms with Gasteiger partial charge in [-0.2, -0.15) is 0 Å². The van der Waals surface area contributed by atoms with Crippen molar-refractivity contribution in [3.05, 3.63) is 47.3 Å². The SMILES string of the molecule is CC[C@H]1CC(=O)N2C[C@H](OC(=O)N3Cc4cccc(F)c4C3)C[C@H]2C(=O)N[C@]2(C(=O)NS(=O)(=O)C3(C)CC3)C[C@H]2/C=C\CC[C@H](C)C1. The number of rotatable bonds is 5. The lowest BCUT2D eigenvalue weighted by molar-refractivity contribution is -0.140. The van der Waals surface area contributed by atoms with Crippen molar-refractivity contribution in [2.24, 2.45) is 17.8 Å². The molecule has 5 aliphatic rings. The fourth-order valence-electron chi connectivity index (χ4n) is 7.29. The van der Waals surface area contributed by atoms with Crippen LogP contribution in [0.3, 0.4) is 0 Å². The zero-order chi connectivity index (χ0) is 33.7. The highest BCUT2D eigenvalue weighted by molar-refractivity contribution is 7.91. The highest BCUT2D eigenvalue weighted by atomic mass is 32.2. The highest BCUT2D eigenvalue weighted by Gasteiger charge is 2.63. The number of nitrogens with zero attached hydrogens (tertiary/aromatic N) is 2. The Hall–Kier alpha value is -3.48. The summed E-state index contributed by atoms with van der Waals surface area (Å²) >= 11 is 0. The van der Waals surface area contributed by atoms with Crippen LogP contribution in [-0.4, -0.2) is 71.0 Å². The van der Waals surface area contributed by atoms with Crippen LogP contribution in [0.2, 0.25) is 0 Å². The normalized spacial score (nSPS) is 32.6. The van der Waals surface area contributed by atoms with E-state index in [-0.39, 0.29) is 50.7 Å². The Morgan fingerprint density at radius 1 is 1.17 bits per heavy atom. The summed E-state index contributed by atoms with van der Waals surface area (Å²) in [5, 5.41) is 2.85. The molecule has 1 aromatic rings. The van der Waals surface area contributed by atoms with E-state index in [1.165, 1.54) is 15.9 Å². The largest absolute Gasteiger partial charge is 0.444 e. The average Bonchev–Trinajstić information content (AvgIpc) is 3.81. The number of nitrogens with one attached hydrogen (secondary N) is 2. The maximum atomic E-state index is 14.3. The average molecular weight is 673 g/mol. The first-order valence-corrected chi connectivity index (χ1v) is 18.3. The number of fused-ring (bicyclic) bond motifs is 3. The summed E-state index contributed by atoms with van der Waals surface area (Å²) in [6.07, 6.45) is 7.07. The summed E-state index contributed by atoms with van der Waals surface area (Å²) in [5.74, 6) is -1.96. The van der Waals surface area contributed by atoms with E-state index in [0.29, 0.717) is 29.9 Å². The molecule has 47 heavy (non-hydrogen) atoms. The lowest BCUT2D eigenvalue weighted by Crippen LogP contribution is -2.57. The molecular weight excluding hydrogens is 627 g/mol. The minimum absolute atomic E-state index is 0.000933. The molecule has 0 bridgehead atoms. The number of carbonyl (C=O) groups is 4. The summed E-state index contributed by atoms with van der Waals surface area (Å²) in [6.45, 7) is 6.03. The number of allylic oxidation sites excluding steroid dienone is 1. The quantitative estimate of drug-likeness (QED) is 0.452. The number of sulfonamides is 1. The lowest BCUT2D eigenvalue weighted by Gasteiger charge is -2.28. The Morgan fingerprint density at radius 3 is 2.64 bits per heavy atom. The van der Waals surface area contributed by atoms with E-state index in [4.69, 9.17) is 4.74 Å². The zero-order valence-corrected chi connectivity index (χ0v) is 28.1. The minimum atomic E-state index is -3.95. The number of ether oxygens (including phenoxy) is 1. The summed E-state index contributed by atoms with van der Waals surface area (Å²) in [7, 11) is -3.95.